The van der Waals surface area contributed by atoms with E-state index in [2.05, 4.69) is 36.2 Å². The fourth-order valence-electron chi connectivity index (χ4n) is 3.25. The van der Waals surface area contributed by atoms with Crippen molar-refractivity contribution < 1.29 is 27.8 Å². The summed E-state index contributed by atoms with van der Waals surface area (Å²) in [6, 6.07) is 12.0. The van der Waals surface area contributed by atoms with E-state index < -0.39 is 30.8 Å². The van der Waals surface area contributed by atoms with Crippen LogP contribution in [-0.2, 0) is 11.3 Å². The van der Waals surface area contributed by atoms with Crippen molar-refractivity contribution in [2.45, 2.75) is 31.6 Å². The second kappa shape index (κ2) is 14.0. The quantitative estimate of drug-likeness (QED) is 0.0831. The average Bonchev–Trinajstić information content (AvgIpc) is 2.89. The summed E-state index contributed by atoms with van der Waals surface area (Å²) in [5.74, 6) is -1.33. The summed E-state index contributed by atoms with van der Waals surface area (Å²) >= 11 is 5.89. The molecule has 40 heavy (non-hydrogen) atoms. The first-order chi connectivity index (χ1) is 19.0. The van der Waals surface area contributed by atoms with E-state index in [0.717, 1.165) is 5.56 Å². The minimum Gasteiger partial charge on any atom is -0.480 e. The molecule has 214 valence electrons. The topological polar surface area (TPSA) is 183 Å². The molecule has 1 atom stereocenters. The van der Waals surface area contributed by atoms with Crippen molar-refractivity contribution in [2.75, 3.05) is 29.1 Å². The lowest BCUT2D eigenvalue weighted by atomic mass is 10.1. The predicted molar refractivity (Wildman–Crippen MR) is 144 cm³/mol. The van der Waals surface area contributed by atoms with Gasteiger partial charge in [0.05, 0.1) is 0 Å². The molecule has 0 aliphatic heterocycles. The molecule has 0 saturated heterocycles. The van der Waals surface area contributed by atoms with Crippen LogP contribution >= 0.6 is 11.6 Å². The molecule has 0 spiro atoms. The van der Waals surface area contributed by atoms with Gasteiger partial charge in [0.1, 0.15) is 6.04 Å². The smallest absolute Gasteiger partial charge is 0.422 e. The number of aliphatic carboxylic acids is 1. The van der Waals surface area contributed by atoms with Crippen molar-refractivity contribution in [1.82, 2.24) is 20.3 Å². The molecule has 0 aliphatic rings. The fraction of sp³-hybridized carbons (Fsp3) is 0.292. The van der Waals surface area contributed by atoms with Crippen LogP contribution in [0.3, 0.4) is 0 Å². The van der Waals surface area contributed by atoms with Crippen molar-refractivity contribution in [3.05, 3.63) is 59.1 Å². The Morgan fingerprint density at radius 2 is 1.70 bits per heavy atom. The molecule has 16 heteroatoms. The highest BCUT2D eigenvalue weighted by molar-refractivity contribution is 6.30. The molecule has 0 radical (unpaired) electrons. The van der Waals surface area contributed by atoms with E-state index in [1.165, 1.54) is 0 Å². The zero-order valence-electron chi connectivity index (χ0n) is 20.9. The van der Waals surface area contributed by atoms with E-state index >= 15 is 0 Å². The molecule has 0 fully saturated rings. The van der Waals surface area contributed by atoms with Crippen LogP contribution in [0.5, 0.6) is 6.01 Å². The molecular weight excluding hydrogens is 555 g/mol. The monoisotopic (exact) mass is 581 g/mol. The van der Waals surface area contributed by atoms with Gasteiger partial charge in [0, 0.05) is 29.5 Å². The van der Waals surface area contributed by atoms with Crippen LogP contribution in [0.25, 0.3) is 0 Å². The van der Waals surface area contributed by atoms with E-state index in [4.69, 9.17) is 27.5 Å². The second-order valence-corrected chi connectivity index (χ2v) is 8.81. The third-order valence-corrected chi connectivity index (χ3v) is 5.36. The highest BCUT2D eigenvalue weighted by Gasteiger charge is 2.29. The number of carboxylic acids is 1. The lowest BCUT2D eigenvalue weighted by Crippen LogP contribution is -2.33. The number of nitrogens with one attached hydrogen (secondary N) is 5. The Kier molecular flexibility index (Phi) is 10.5. The second-order valence-electron chi connectivity index (χ2n) is 8.37. The Balaban J connectivity index is 1.68. The third-order valence-electron chi connectivity index (χ3n) is 5.11. The van der Waals surface area contributed by atoms with Crippen molar-refractivity contribution in [2.24, 2.45) is 5.73 Å². The van der Waals surface area contributed by atoms with Crippen molar-refractivity contribution in [3.8, 4) is 6.01 Å². The maximum atomic E-state index is 12.7. The van der Waals surface area contributed by atoms with Crippen molar-refractivity contribution >= 4 is 46.8 Å². The van der Waals surface area contributed by atoms with Crippen LogP contribution in [0.4, 0.5) is 36.4 Å². The van der Waals surface area contributed by atoms with Crippen molar-refractivity contribution in [3.63, 3.8) is 0 Å². The number of alkyl halides is 3. The molecule has 2 aromatic carbocycles. The number of rotatable bonds is 14. The number of anilines is 4. The van der Waals surface area contributed by atoms with Crippen LogP contribution in [0.15, 0.2) is 48.5 Å². The predicted octanol–water partition coefficient (Wildman–Crippen LogP) is 3.95. The average molecular weight is 582 g/mol. The van der Waals surface area contributed by atoms with Gasteiger partial charge >= 0.3 is 18.2 Å². The van der Waals surface area contributed by atoms with Crippen LogP contribution in [0.2, 0.25) is 5.02 Å². The van der Waals surface area contributed by atoms with Crippen LogP contribution in [0, 0.1) is 5.41 Å². The molecule has 3 aromatic rings. The Bertz CT molecular complexity index is 1280. The maximum Gasteiger partial charge on any atom is 0.422 e. The number of benzene rings is 2. The standard InChI is InChI=1S/C24H27ClF3N9O3/c25-15-5-3-14(4-6-15)12-32-21-35-22(37-23(36-21)40-13-24(26,27)28)34-17-9-7-16(8-10-17)33-18(19(38)39)2-1-11-31-20(29)30/h3-10,18,33H,1-2,11-13H2,(H,38,39)(H4,29,30,31)(H2,32,34,35,36,37)/t18-/m0/s1. The lowest BCUT2D eigenvalue weighted by Gasteiger charge is -2.16. The number of halogens is 4. The van der Waals surface area contributed by atoms with Gasteiger partial charge in [-0.25, -0.2) is 4.79 Å². The molecule has 8 N–H and O–H groups in total. The molecule has 0 saturated carbocycles. The molecule has 12 nitrogen and oxygen atoms in total. The SMILES string of the molecule is N=C(N)NCCC[C@H](Nc1ccc(Nc2nc(NCc3ccc(Cl)cc3)nc(OCC(F)(F)F)n2)cc1)C(=O)O. The molecule has 1 aromatic heterocycles. The van der Waals surface area contributed by atoms with E-state index in [1.807, 2.05) is 0 Å². The lowest BCUT2D eigenvalue weighted by molar-refractivity contribution is -0.154. The van der Waals surface area contributed by atoms with E-state index in [0.29, 0.717) is 29.4 Å². The zero-order valence-corrected chi connectivity index (χ0v) is 21.7. The van der Waals surface area contributed by atoms with Gasteiger partial charge in [0.25, 0.3) is 0 Å². The first kappa shape index (κ1) is 30.0. The summed E-state index contributed by atoms with van der Waals surface area (Å²) in [6.07, 6.45) is -3.83. The zero-order chi connectivity index (χ0) is 29.1. The number of carboxylic acid groups (broad SMARTS) is 1. The number of nitrogens with zero attached hydrogens (tertiary/aromatic N) is 3. The van der Waals surface area contributed by atoms with Crippen LogP contribution in [-0.4, -0.2) is 57.4 Å². The molecule has 0 aliphatic carbocycles. The minimum atomic E-state index is -4.59. The number of guanidine groups is 1. The van der Waals surface area contributed by atoms with Gasteiger partial charge in [0.2, 0.25) is 11.9 Å². The molecule has 0 unspecified atom stereocenters. The van der Waals surface area contributed by atoms with Crippen molar-refractivity contribution in [1.29, 1.82) is 5.41 Å². The Hall–Kier alpha value is -4.53. The fourth-order valence-corrected chi connectivity index (χ4v) is 3.38. The van der Waals surface area contributed by atoms with Gasteiger partial charge < -0.3 is 36.8 Å². The van der Waals surface area contributed by atoms with Gasteiger partial charge in [-0.3, -0.25) is 5.41 Å². The third kappa shape index (κ3) is 10.7. The first-order valence-electron chi connectivity index (χ1n) is 11.8. The van der Waals surface area contributed by atoms with Crippen LogP contribution < -0.4 is 31.7 Å². The molecule has 3 rings (SSSR count). The summed E-state index contributed by atoms with van der Waals surface area (Å²) in [7, 11) is 0. The Morgan fingerprint density at radius 3 is 2.33 bits per heavy atom. The van der Waals surface area contributed by atoms with Gasteiger partial charge in [-0.05, 0) is 54.8 Å². The summed E-state index contributed by atoms with van der Waals surface area (Å²) < 4.78 is 42.8. The summed E-state index contributed by atoms with van der Waals surface area (Å²) in [5, 5.41) is 28.5. The molecule has 0 amide bonds. The van der Waals surface area contributed by atoms with Gasteiger partial charge in [-0.15, -0.1) is 0 Å². The molecule has 0 bridgehead atoms. The number of nitrogens with two attached hydrogens (primary N) is 1. The highest BCUT2D eigenvalue weighted by Crippen LogP contribution is 2.22. The van der Waals surface area contributed by atoms with Gasteiger partial charge in [0.15, 0.2) is 12.6 Å². The largest absolute Gasteiger partial charge is 0.480 e. The van der Waals surface area contributed by atoms with Gasteiger partial charge in [-0.2, -0.15) is 28.1 Å². The number of hydrogen-bond acceptors (Lipinski definition) is 9. The first-order valence-corrected chi connectivity index (χ1v) is 12.2. The molecular formula is C24H27ClF3N9O3. The van der Waals surface area contributed by atoms with E-state index in [1.54, 1.807) is 48.5 Å². The number of carbonyl (C=O) groups is 1. The Morgan fingerprint density at radius 1 is 1.05 bits per heavy atom. The maximum absolute atomic E-state index is 12.7. The van der Waals surface area contributed by atoms with E-state index in [9.17, 15) is 23.1 Å². The number of ether oxygens (including phenoxy) is 1. The van der Waals surface area contributed by atoms with E-state index in [-0.39, 0.29) is 30.8 Å². The van der Waals surface area contributed by atoms with Crippen LogP contribution in [0.1, 0.15) is 18.4 Å². The summed E-state index contributed by atoms with van der Waals surface area (Å²) in [5.41, 5.74) is 7.04. The van der Waals surface area contributed by atoms with Gasteiger partial charge in [-0.1, -0.05) is 23.7 Å². The highest BCUT2D eigenvalue weighted by atomic mass is 35.5. The summed E-state index contributed by atoms with van der Waals surface area (Å²) in [4.78, 5) is 23.6. The molecule has 1 heterocycles. The number of aromatic nitrogens is 3. The Labute approximate surface area is 232 Å². The summed E-state index contributed by atoms with van der Waals surface area (Å²) in [6.45, 7) is -0.959. The minimum absolute atomic E-state index is 0.0218. The number of hydrogen-bond donors (Lipinski definition) is 7. The normalized spacial score (nSPS) is 11.8.